The van der Waals surface area contributed by atoms with Gasteiger partial charge in [-0.1, -0.05) is 0 Å². The maximum atomic E-state index is 8.44. The van der Waals surface area contributed by atoms with E-state index in [1.54, 1.807) is 0 Å². The standard InChI is InChI=1S/C10H18N2O2/c11-7-10(12)3-6-14-8-9-1-4-13-5-2-9/h9-10H,1-6,8,12H2. The third-order valence-corrected chi connectivity index (χ3v) is 2.43. The molecule has 80 valence electrons. The topological polar surface area (TPSA) is 68.3 Å². The number of nitriles is 1. The van der Waals surface area contributed by atoms with Gasteiger partial charge in [0.05, 0.1) is 12.1 Å². The summed E-state index contributed by atoms with van der Waals surface area (Å²) < 4.78 is 10.7. The fourth-order valence-electron chi connectivity index (χ4n) is 1.44. The fourth-order valence-corrected chi connectivity index (χ4v) is 1.44. The van der Waals surface area contributed by atoms with E-state index in [1.165, 1.54) is 0 Å². The maximum absolute atomic E-state index is 8.44. The van der Waals surface area contributed by atoms with Crippen LogP contribution in [-0.4, -0.2) is 32.5 Å². The van der Waals surface area contributed by atoms with Gasteiger partial charge >= 0.3 is 0 Å². The Morgan fingerprint density at radius 3 is 2.86 bits per heavy atom. The lowest BCUT2D eigenvalue weighted by atomic mass is 10.0. The Kier molecular flexibility index (Phi) is 5.53. The van der Waals surface area contributed by atoms with E-state index in [2.05, 4.69) is 0 Å². The second-order valence-corrected chi connectivity index (χ2v) is 3.65. The summed E-state index contributed by atoms with van der Waals surface area (Å²) in [5, 5.41) is 8.44. The van der Waals surface area contributed by atoms with Gasteiger partial charge < -0.3 is 15.2 Å². The average molecular weight is 198 g/mol. The molecule has 0 aromatic rings. The first kappa shape index (κ1) is 11.4. The molecule has 1 saturated heterocycles. The molecule has 0 bridgehead atoms. The summed E-state index contributed by atoms with van der Waals surface area (Å²) in [6.07, 6.45) is 2.80. The molecule has 1 fully saturated rings. The van der Waals surface area contributed by atoms with E-state index in [-0.39, 0.29) is 6.04 Å². The lowest BCUT2D eigenvalue weighted by molar-refractivity contribution is 0.0198. The van der Waals surface area contributed by atoms with Gasteiger partial charge in [0.1, 0.15) is 0 Å². The smallest absolute Gasteiger partial charge is 0.0950 e. The monoisotopic (exact) mass is 198 g/mol. The van der Waals surface area contributed by atoms with Gasteiger partial charge in [0.15, 0.2) is 0 Å². The molecule has 1 aliphatic rings. The van der Waals surface area contributed by atoms with E-state index in [0.29, 0.717) is 18.9 Å². The molecule has 0 aromatic carbocycles. The quantitative estimate of drug-likeness (QED) is 0.659. The fraction of sp³-hybridized carbons (Fsp3) is 0.900. The van der Waals surface area contributed by atoms with Crippen molar-refractivity contribution in [2.45, 2.75) is 25.3 Å². The molecule has 4 nitrogen and oxygen atoms in total. The zero-order valence-electron chi connectivity index (χ0n) is 8.45. The van der Waals surface area contributed by atoms with E-state index in [1.807, 2.05) is 6.07 Å². The molecule has 4 heteroatoms. The van der Waals surface area contributed by atoms with Crippen molar-refractivity contribution in [3.05, 3.63) is 0 Å². The molecule has 0 spiro atoms. The van der Waals surface area contributed by atoms with Crippen molar-refractivity contribution in [2.24, 2.45) is 11.7 Å². The van der Waals surface area contributed by atoms with Crippen LogP contribution in [0.25, 0.3) is 0 Å². The minimum Gasteiger partial charge on any atom is -0.381 e. The highest BCUT2D eigenvalue weighted by atomic mass is 16.5. The van der Waals surface area contributed by atoms with Gasteiger partial charge in [0.2, 0.25) is 0 Å². The predicted molar refractivity (Wildman–Crippen MR) is 52.6 cm³/mol. The number of rotatable bonds is 5. The van der Waals surface area contributed by atoms with Gasteiger partial charge in [-0.3, -0.25) is 0 Å². The minimum atomic E-state index is -0.385. The molecule has 1 rings (SSSR count). The molecular weight excluding hydrogens is 180 g/mol. The molecule has 1 atom stereocenters. The minimum absolute atomic E-state index is 0.385. The van der Waals surface area contributed by atoms with Gasteiger partial charge in [-0.2, -0.15) is 5.26 Å². The molecule has 1 aliphatic heterocycles. The van der Waals surface area contributed by atoms with Crippen LogP contribution in [0.4, 0.5) is 0 Å². The zero-order chi connectivity index (χ0) is 10.2. The first-order valence-electron chi connectivity index (χ1n) is 5.13. The number of ether oxygens (including phenoxy) is 2. The lowest BCUT2D eigenvalue weighted by Crippen LogP contribution is -2.23. The van der Waals surface area contributed by atoms with Gasteiger partial charge in [-0.05, 0) is 25.2 Å². The summed E-state index contributed by atoms with van der Waals surface area (Å²) >= 11 is 0. The van der Waals surface area contributed by atoms with Gasteiger partial charge in [-0.15, -0.1) is 0 Å². The van der Waals surface area contributed by atoms with Crippen molar-refractivity contribution in [3.63, 3.8) is 0 Å². The van der Waals surface area contributed by atoms with Crippen LogP contribution in [0, 0.1) is 17.2 Å². The largest absolute Gasteiger partial charge is 0.381 e. The van der Waals surface area contributed by atoms with Crippen molar-refractivity contribution in [1.82, 2.24) is 0 Å². The van der Waals surface area contributed by atoms with Crippen molar-refractivity contribution in [2.75, 3.05) is 26.4 Å². The third kappa shape index (κ3) is 4.56. The summed E-state index contributed by atoms with van der Waals surface area (Å²) in [6.45, 7) is 3.07. The van der Waals surface area contributed by atoms with Crippen LogP contribution in [0.1, 0.15) is 19.3 Å². The Balaban J connectivity index is 1.95. The molecule has 1 heterocycles. The summed E-state index contributed by atoms with van der Waals surface area (Å²) in [7, 11) is 0. The van der Waals surface area contributed by atoms with E-state index >= 15 is 0 Å². The van der Waals surface area contributed by atoms with Crippen LogP contribution in [-0.2, 0) is 9.47 Å². The average Bonchev–Trinajstić information content (AvgIpc) is 2.25. The lowest BCUT2D eigenvalue weighted by Gasteiger charge is -2.21. The second-order valence-electron chi connectivity index (χ2n) is 3.65. The number of nitrogens with two attached hydrogens (primary N) is 1. The highest BCUT2D eigenvalue weighted by Gasteiger charge is 2.13. The molecule has 14 heavy (non-hydrogen) atoms. The van der Waals surface area contributed by atoms with Crippen LogP contribution < -0.4 is 5.73 Å². The Bertz CT molecular complexity index is 185. The number of hydrogen-bond acceptors (Lipinski definition) is 4. The third-order valence-electron chi connectivity index (χ3n) is 2.43. The van der Waals surface area contributed by atoms with Crippen LogP contribution in [0.3, 0.4) is 0 Å². The van der Waals surface area contributed by atoms with E-state index < -0.39 is 0 Å². The van der Waals surface area contributed by atoms with Gasteiger partial charge in [0.25, 0.3) is 0 Å². The summed E-state index contributed by atoms with van der Waals surface area (Å²) in [4.78, 5) is 0. The summed E-state index contributed by atoms with van der Waals surface area (Å²) in [5.74, 6) is 0.627. The van der Waals surface area contributed by atoms with Crippen LogP contribution in [0.5, 0.6) is 0 Å². The molecule has 2 N–H and O–H groups in total. The Hall–Kier alpha value is -0.630. The molecule has 1 unspecified atom stereocenters. The molecule has 0 aromatic heterocycles. The molecule has 0 amide bonds. The Labute approximate surface area is 85.0 Å². The highest BCUT2D eigenvalue weighted by molar-refractivity contribution is 4.85. The first-order chi connectivity index (χ1) is 6.83. The highest BCUT2D eigenvalue weighted by Crippen LogP contribution is 2.14. The summed E-state index contributed by atoms with van der Waals surface area (Å²) in [5.41, 5.74) is 5.43. The second kappa shape index (κ2) is 6.77. The number of nitrogens with zero attached hydrogens (tertiary/aromatic N) is 1. The van der Waals surface area contributed by atoms with Crippen molar-refractivity contribution in [3.8, 4) is 6.07 Å². The van der Waals surface area contributed by atoms with Crippen LogP contribution in [0.2, 0.25) is 0 Å². The molecule has 0 radical (unpaired) electrons. The van der Waals surface area contributed by atoms with E-state index in [4.69, 9.17) is 20.5 Å². The first-order valence-corrected chi connectivity index (χ1v) is 5.13. The normalized spacial score (nSPS) is 20.3. The zero-order valence-corrected chi connectivity index (χ0v) is 8.45. The molecule has 0 aliphatic carbocycles. The van der Waals surface area contributed by atoms with Gasteiger partial charge in [0, 0.05) is 26.4 Å². The van der Waals surface area contributed by atoms with Crippen molar-refractivity contribution >= 4 is 0 Å². The number of hydrogen-bond donors (Lipinski definition) is 1. The Morgan fingerprint density at radius 1 is 1.50 bits per heavy atom. The molecule has 0 saturated carbocycles. The van der Waals surface area contributed by atoms with Crippen LogP contribution in [0.15, 0.2) is 0 Å². The molecular formula is C10H18N2O2. The Morgan fingerprint density at radius 2 is 2.21 bits per heavy atom. The van der Waals surface area contributed by atoms with E-state index in [0.717, 1.165) is 32.7 Å². The maximum Gasteiger partial charge on any atom is 0.0950 e. The van der Waals surface area contributed by atoms with Gasteiger partial charge in [-0.25, -0.2) is 0 Å². The predicted octanol–water partition coefficient (Wildman–Crippen LogP) is 0.671. The SMILES string of the molecule is N#CC(N)CCOCC1CCOCC1. The van der Waals surface area contributed by atoms with Crippen molar-refractivity contribution < 1.29 is 9.47 Å². The van der Waals surface area contributed by atoms with Crippen molar-refractivity contribution in [1.29, 1.82) is 5.26 Å². The van der Waals surface area contributed by atoms with Crippen LogP contribution >= 0.6 is 0 Å². The van der Waals surface area contributed by atoms with E-state index in [9.17, 15) is 0 Å². The summed E-state index contributed by atoms with van der Waals surface area (Å²) in [6, 6.07) is 1.60.